The molecule has 0 spiro atoms. The first kappa shape index (κ1) is 19.9. The van der Waals surface area contributed by atoms with Gasteiger partial charge >= 0.3 is 23.9 Å². The molecule has 22 heavy (non-hydrogen) atoms. The van der Waals surface area contributed by atoms with Crippen molar-refractivity contribution in [1.29, 1.82) is 0 Å². The van der Waals surface area contributed by atoms with Crippen LogP contribution in [-0.2, 0) is 38.1 Å². The molecule has 0 fully saturated rings. The largest absolute Gasteiger partial charge is 0.466 e. The summed E-state index contributed by atoms with van der Waals surface area (Å²) in [6.45, 7) is 3.32. The molecule has 0 N–H and O–H groups in total. The average molecular weight is 318 g/mol. The topological polar surface area (TPSA) is 105 Å². The van der Waals surface area contributed by atoms with Crippen LogP contribution in [0.25, 0.3) is 0 Å². The van der Waals surface area contributed by atoms with Crippen molar-refractivity contribution < 1.29 is 38.1 Å². The minimum atomic E-state index is -0.994. The summed E-state index contributed by atoms with van der Waals surface area (Å²) in [5, 5.41) is 0. The van der Waals surface area contributed by atoms with Crippen LogP contribution in [0.3, 0.4) is 0 Å². The smallest absolute Gasteiger partial charge is 0.347 e. The standard InChI is InChI=1S/C14H22O8/c1-5-9(13(17)19-3)21-11(15)7-8-12(16)22-10(6-2)14(18)20-4/h9-10H,5-8H2,1-4H3. The van der Waals surface area contributed by atoms with Crippen LogP contribution in [0, 0.1) is 0 Å². The van der Waals surface area contributed by atoms with Gasteiger partial charge in [0.15, 0.2) is 12.2 Å². The number of hydrogen-bond donors (Lipinski definition) is 0. The van der Waals surface area contributed by atoms with Crippen molar-refractivity contribution in [3.8, 4) is 0 Å². The van der Waals surface area contributed by atoms with Crippen LogP contribution in [0.1, 0.15) is 39.5 Å². The van der Waals surface area contributed by atoms with E-state index in [1.54, 1.807) is 13.8 Å². The van der Waals surface area contributed by atoms with E-state index in [4.69, 9.17) is 9.47 Å². The Hall–Kier alpha value is -2.12. The predicted octanol–water partition coefficient (Wildman–Crippen LogP) is 0.756. The van der Waals surface area contributed by atoms with Crippen molar-refractivity contribution in [2.45, 2.75) is 51.7 Å². The Bertz CT molecular complexity index is 366. The van der Waals surface area contributed by atoms with E-state index < -0.39 is 36.1 Å². The number of ether oxygens (including phenoxy) is 4. The third kappa shape index (κ3) is 7.05. The van der Waals surface area contributed by atoms with Crippen LogP contribution in [0.15, 0.2) is 0 Å². The van der Waals surface area contributed by atoms with Crippen molar-refractivity contribution in [1.82, 2.24) is 0 Å². The maximum atomic E-state index is 11.6. The van der Waals surface area contributed by atoms with Crippen molar-refractivity contribution in [3.05, 3.63) is 0 Å². The Kier molecular flexibility index (Phi) is 9.56. The SMILES string of the molecule is CCC(OC(=O)CCC(=O)OC(CC)C(=O)OC)C(=O)OC. The maximum absolute atomic E-state index is 11.6. The van der Waals surface area contributed by atoms with Crippen LogP contribution in [-0.4, -0.2) is 50.3 Å². The molecule has 2 atom stereocenters. The third-order valence-electron chi connectivity index (χ3n) is 2.75. The van der Waals surface area contributed by atoms with Gasteiger partial charge in [-0.15, -0.1) is 0 Å². The molecule has 126 valence electrons. The van der Waals surface area contributed by atoms with Gasteiger partial charge in [0.2, 0.25) is 0 Å². The molecule has 0 heterocycles. The molecular weight excluding hydrogens is 296 g/mol. The fourth-order valence-corrected chi connectivity index (χ4v) is 1.50. The number of hydrogen-bond acceptors (Lipinski definition) is 8. The molecule has 0 aliphatic rings. The molecule has 0 aromatic heterocycles. The zero-order valence-electron chi connectivity index (χ0n) is 13.2. The molecule has 0 aliphatic carbocycles. The van der Waals surface area contributed by atoms with Gasteiger partial charge in [0.1, 0.15) is 0 Å². The highest BCUT2D eigenvalue weighted by Gasteiger charge is 2.24. The zero-order valence-corrected chi connectivity index (χ0v) is 13.2. The molecule has 0 aliphatic heterocycles. The maximum Gasteiger partial charge on any atom is 0.347 e. The summed E-state index contributed by atoms with van der Waals surface area (Å²) in [4.78, 5) is 45.6. The molecule has 0 bridgehead atoms. The van der Waals surface area contributed by atoms with E-state index >= 15 is 0 Å². The molecule has 0 rings (SSSR count). The van der Waals surface area contributed by atoms with Gasteiger partial charge in [-0.2, -0.15) is 0 Å². The fourth-order valence-electron chi connectivity index (χ4n) is 1.50. The molecule has 0 aromatic carbocycles. The van der Waals surface area contributed by atoms with Crippen LogP contribution in [0.2, 0.25) is 0 Å². The third-order valence-corrected chi connectivity index (χ3v) is 2.75. The second-order valence-corrected chi connectivity index (χ2v) is 4.32. The Morgan fingerprint density at radius 2 is 1.05 bits per heavy atom. The Morgan fingerprint density at radius 3 is 1.27 bits per heavy atom. The quantitative estimate of drug-likeness (QED) is 0.453. The first-order valence-corrected chi connectivity index (χ1v) is 6.94. The Balaban J connectivity index is 4.26. The highest BCUT2D eigenvalue weighted by atomic mass is 16.6. The monoisotopic (exact) mass is 318 g/mol. The van der Waals surface area contributed by atoms with Gasteiger partial charge in [0.25, 0.3) is 0 Å². The van der Waals surface area contributed by atoms with E-state index in [9.17, 15) is 19.2 Å². The van der Waals surface area contributed by atoms with Gasteiger partial charge in [-0.3, -0.25) is 9.59 Å². The number of esters is 4. The summed E-state index contributed by atoms with van der Waals surface area (Å²) in [7, 11) is 2.38. The van der Waals surface area contributed by atoms with Gasteiger partial charge in [0.05, 0.1) is 27.1 Å². The fraction of sp³-hybridized carbons (Fsp3) is 0.714. The van der Waals surface area contributed by atoms with Crippen molar-refractivity contribution >= 4 is 23.9 Å². The summed E-state index contributed by atoms with van der Waals surface area (Å²) < 4.78 is 18.7. The van der Waals surface area contributed by atoms with Crippen LogP contribution >= 0.6 is 0 Å². The summed E-state index contributed by atoms with van der Waals surface area (Å²) in [5.74, 6) is -2.76. The minimum Gasteiger partial charge on any atom is -0.466 e. The lowest BCUT2D eigenvalue weighted by Gasteiger charge is -2.15. The number of carbonyl (C=O) groups is 4. The van der Waals surface area contributed by atoms with E-state index in [0.717, 1.165) is 0 Å². The van der Waals surface area contributed by atoms with E-state index in [2.05, 4.69) is 9.47 Å². The lowest BCUT2D eigenvalue weighted by atomic mass is 10.2. The van der Waals surface area contributed by atoms with E-state index in [-0.39, 0.29) is 25.7 Å². The lowest BCUT2D eigenvalue weighted by Crippen LogP contribution is -2.29. The van der Waals surface area contributed by atoms with Crippen LogP contribution < -0.4 is 0 Å². The van der Waals surface area contributed by atoms with Gasteiger partial charge in [-0.25, -0.2) is 9.59 Å². The molecule has 8 heteroatoms. The normalized spacial score (nSPS) is 12.7. The molecule has 8 nitrogen and oxygen atoms in total. The van der Waals surface area contributed by atoms with E-state index in [0.29, 0.717) is 0 Å². The molecular formula is C14H22O8. The molecule has 0 saturated carbocycles. The molecule has 0 amide bonds. The van der Waals surface area contributed by atoms with E-state index in [1.807, 2.05) is 0 Å². The first-order valence-electron chi connectivity index (χ1n) is 6.94. The molecule has 0 saturated heterocycles. The second-order valence-electron chi connectivity index (χ2n) is 4.32. The van der Waals surface area contributed by atoms with Crippen LogP contribution in [0.5, 0.6) is 0 Å². The predicted molar refractivity (Wildman–Crippen MR) is 73.6 cm³/mol. The highest BCUT2D eigenvalue weighted by molar-refractivity contribution is 5.83. The van der Waals surface area contributed by atoms with Gasteiger partial charge < -0.3 is 18.9 Å². The lowest BCUT2D eigenvalue weighted by molar-refractivity contribution is -0.169. The number of methoxy groups -OCH3 is 2. The molecule has 0 aromatic rings. The number of carbonyl (C=O) groups excluding carboxylic acids is 4. The Labute approximate surface area is 129 Å². The van der Waals surface area contributed by atoms with E-state index in [1.165, 1.54) is 14.2 Å². The highest BCUT2D eigenvalue weighted by Crippen LogP contribution is 2.07. The molecule has 0 radical (unpaired) electrons. The zero-order chi connectivity index (χ0) is 17.1. The van der Waals surface area contributed by atoms with Gasteiger partial charge in [-0.1, -0.05) is 13.8 Å². The summed E-state index contributed by atoms with van der Waals surface area (Å²) in [5.41, 5.74) is 0. The van der Waals surface area contributed by atoms with Crippen LogP contribution in [0.4, 0.5) is 0 Å². The van der Waals surface area contributed by atoms with Crippen molar-refractivity contribution in [2.24, 2.45) is 0 Å². The van der Waals surface area contributed by atoms with Crippen molar-refractivity contribution in [2.75, 3.05) is 14.2 Å². The van der Waals surface area contributed by atoms with Gasteiger partial charge in [-0.05, 0) is 12.8 Å². The Morgan fingerprint density at radius 1 is 0.727 bits per heavy atom. The summed E-state index contributed by atoms with van der Waals surface area (Å²) >= 11 is 0. The van der Waals surface area contributed by atoms with Crippen molar-refractivity contribution in [3.63, 3.8) is 0 Å². The first-order chi connectivity index (χ1) is 10.4. The van der Waals surface area contributed by atoms with Gasteiger partial charge in [0, 0.05) is 0 Å². The average Bonchev–Trinajstić information content (AvgIpc) is 2.53. The summed E-state index contributed by atoms with van der Waals surface area (Å²) in [6, 6.07) is 0. The second kappa shape index (κ2) is 10.6. The minimum absolute atomic E-state index is 0.260. The molecule has 2 unspecified atom stereocenters. The number of rotatable bonds is 9. The summed E-state index contributed by atoms with van der Waals surface area (Å²) in [6.07, 6.45) is -1.97.